The van der Waals surface area contributed by atoms with E-state index in [4.69, 9.17) is 11.5 Å². The minimum absolute atomic E-state index is 0.167. The topological polar surface area (TPSA) is 95.8 Å². The summed E-state index contributed by atoms with van der Waals surface area (Å²) in [5, 5.41) is 9.19. The van der Waals surface area contributed by atoms with Gasteiger partial charge in [-0.25, -0.2) is 4.79 Å². The number of aromatic carboxylic acids is 1. The zero-order valence-electron chi connectivity index (χ0n) is 13.3. The predicted molar refractivity (Wildman–Crippen MR) is 95.5 cm³/mol. The van der Waals surface area contributed by atoms with Crippen molar-refractivity contribution in [3.63, 3.8) is 0 Å². The SMILES string of the molecule is Nc1ccccc1N1CC2(C1)CN(c1cccc(C(=O)O)c1N)C2. The number of hydrogen-bond acceptors (Lipinski definition) is 5. The lowest BCUT2D eigenvalue weighted by Gasteiger charge is -2.61. The molecule has 0 aliphatic carbocycles. The highest BCUT2D eigenvalue weighted by atomic mass is 16.4. The van der Waals surface area contributed by atoms with Gasteiger partial charge >= 0.3 is 5.97 Å². The van der Waals surface area contributed by atoms with Crippen molar-refractivity contribution in [2.45, 2.75) is 0 Å². The van der Waals surface area contributed by atoms with E-state index in [-0.39, 0.29) is 11.0 Å². The van der Waals surface area contributed by atoms with Crippen LogP contribution < -0.4 is 21.3 Å². The van der Waals surface area contributed by atoms with Crippen LogP contribution in [0.25, 0.3) is 0 Å². The smallest absolute Gasteiger partial charge is 0.337 e. The zero-order chi connectivity index (χ0) is 16.9. The first-order valence-corrected chi connectivity index (χ1v) is 7.95. The maximum Gasteiger partial charge on any atom is 0.337 e. The van der Waals surface area contributed by atoms with Crippen molar-refractivity contribution in [2.75, 3.05) is 47.4 Å². The van der Waals surface area contributed by atoms with Crippen molar-refractivity contribution in [1.29, 1.82) is 0 Å². The van der Waals surface area contributed by atoms with E-state index in [9.17, 15) is 9.90 Å². The highest BCUT2D eigenvalue weighted by Gasteiger charge is 2.52. The first-order chi connectivity index (χ1) is 11.5. The standard InChI is InChI=1S/C18H20N4O2/c19-13-5-1-2-6-14(13)21-8-18(9-21)10-22(11-18)15-7-3-4-12(16(15)20)17(23)24/h1-7H,8-11,19-20H2,(H,23,24). The number of rotatable bonds is 3. The molecule has 2 aromatic carbocycles. The summed E-state index contributed by atoms with van der Waals surface area (Å²) >= 11 is 0. The Morgan fingerprint density at radius 1 is 0.917 bits per heavy atom. The Labute approximate surface area is 140 Å². The van der Waals surface area contributed by atoms with Crippen LogP contribution in [0.15, 0.2) is 42.5 Å². The fraction of sp³-hybridized carbons (Fsp3) is 0.278. The highest BCUT2D eigenvalue weighted by molar-refractivity contribution is 5.97. The molecule has 2 saturated heterocycles. The van der Waals surface area contributed by atoms with E-state index in [2.05, 4.69) is 9.80 Å². The molecule has 124 valence electrons. The first-order valence-electron chi connectivity index (χ1n) is 7.95. The summed E-state index contributed by atoms with van der Waals surface area (Å²) in [7, 11) is 0. The number of nitrogens with zero attached hydrogens (tertiary/aromatic N) is 2. The Morgan fingerprint density at radius 2 is 1.50 bits per heavy atom. The molecular weight excluding hydrogens is 304 g/mol. The fourth-order valence-electron chi connectivity index (χ4n) is 3.86. The Hall–Kier alpha value is -2.89. The molecule has 0 amide bonds. The molecule has 2 aliphatic rings. The molecule has 2 heterocycles. The molecule has 6 nitrogen and oxygen atoms in total. The van der Waals surface area contributed by atoms with Crippen molar-refractivity contribution in [2.24, 2.45) is 5.41 Å². The summed E-state index contributed by atoms with van der Waals surface area (Å²) in [5.74, 6) is -0.987. The van der Waals surface area contributed by atoms with E-state index in [1.807, 2.05) is 30.3 Å². The number of benzene rings is 2. The number of anilines is 4. The normalized spacial score (nSPS) is 18.2. The predicted octanol–water partition coefficient (Wildman–Crippen LogP) is 1.88. The molecule has 0 saturated carbocycles. The van der Waals surface area contributed by atoms with Crippen molar-refractivity contribution < 1.29 is 9.90 Å². The molecule has 2 fully saturated rings. The number of carboxylic acids is 1. The third kappa shape index (κ3) is 2.14. The van der Waals surface area contributed by atoms with Crippen molar-refractivity contribution in [3.05, 3.63) is 48.0 Å². The van der Waals surface area contributed by atoms with Crippen LogP contribution in [0, 0.1) is 5.41 Å². The lowest BCUT2D eigenvalue weighted by molar-refractivity contribution is 0.0698. The minimum Gasteiger partial charge on any atom is -0.478 e. The maximum atomic E-state index is 11.2. The monoisotopic (exact) mass is 324 g/mol. The number of para-hydroxylation sites is 3. The summed E-state index contributed by atoms with van der Waals surface area (Å²) in [6.07, 6.45) is 0. The molecule has 24 heavy (non-hydrogen) atoms. The van der Waals surface area contributed by atoms with E-state index in [1.54, 1.807) is 12.1 Å². The maximum absolute atomic E-state index is 11.2. The summed E-state index contributed by atoms with van der Waals surface area (Å²) in [6, 6.07) is 13.1. The third-order valence-corrected chi connectivity index (χ3v) is 5.04. The lowest BCUT2D eigenvalue weighted by atomic mass is 9.72. The summed E-state index contributed by atoms with van der Waals surface area (Å²) in [4.78, 5) is 15.7. The van der Waals surface area contributed by atoms with Gasteiger partial charge in [0.15, 0.2) is 0 Å². The molecule has 6 heteroatoms. The van der Waals surface area contributed by atoms with Crippen LogP contribution in [0.5, 0.6) is 0 Å². The van der Waals surface area contributed by atoms with Gasteiger partial charge in [-0.3, -0.25) is 0 Å². The number of carboxylic acid groups (broad SMARTS) is 1. The molecular formula is C18H20N4O2. The van der Waals surface area contributed by atoms with Crippen LogP contribution in [0.3, 0.4) is 0 Å². The Morgan fingerprint density at radius 3 is 2.12 bits per heavy atom. The van der Waals surface area contributed by atoms with Gasteiger partial charge in [0, 0.05) is 31.6 Å². The van der Waals surface area contributed by atoms with Crippen LogP contribution in [0.4, 0.5) is 22.7 Å². The van der Waals surface area contributed by atoms with Gasteiger partial charge in [-0.2, -0.15) is 0 Å². The van der Waals surface area contributed by atoms with E-state index in [0.29, 0.717) is 5.69 Å². The third-order valence-electron chi connectivity index (χ3n) is 5.04. The molecule has 0 unspecified atom stereocenters. The lowest BCUT2D eigenvalue weighted by Crippen LogP contribution is -2.72. The first kappa shape index (κ1) is 14.7. The van der Waals surface area contributed by atoms with Crippen molar-refractivity contribution in [1.82, 2.24) is 0 Å². The number of nitrogens with two attached hydrogens (primary N) is 2. The molecule has 5 N–H and O–H groups in total. The van der Waals surface area contributed by atoms with Gasteiger partial charge in [-0.1, -0.05) is 18.2 Å². The van der Waals surface area contributed by atoms with Gasteiger partial charge in [-0.15, -0.1) is 0 Å². The Kier molecular flexibility index (Phi) is 3.09. The van der Waals surface area contributed by atoms with Crippen molar-refractivity contribution >= 4 is 28.7 Å². The zero-order valence-corrected chi connectivity index (χ0v) is 13.3. The highest BCUT2D eigenvalue weighted by Crippen LogP contribution is 2.46. The minimum atomic E-state index is -0.987. The molecule has 0 aromatic heterocycles. The van der Waals surface area contributed by atoms with Gasteiger partial charge in [0.1, 0.15) is 0 Å². The molecule has 2 aromatic rings. The van der Waals surface area contributed by atoms with Gasteiger partial charge in [0.2, 0.25) is 0 Å². The van der Waals surface area contributed by atoms with Gasteiger partial charge in [-0.05, 0) is 24.3 Å². The average Bonchev–Trinajstić information content (AvgIpc) is 2.47. The van der Waals surface area contributed by atoms with E-state index >= 15 is 0 Å². The van der Waals surface area contributed by atoms with Gasteiger partial charge in [0.05, 0.1) is 28.3 Å². The molecule has 0 bridgehead atoms. The Bertz CT molecular complexity index is 806. The van der Waals surface area contributed by atoms with Gasteiger partial charge < -0.3 is 26.4 Å². The largest absolute Gasteiger partial charge is 0.478 e. The average molecular weight is 324 g/mol. The van der Waals surface area contributed by atoms with Crippen LogP contribution in [0.2, 0.25) is 0 Å². The fourth-order valence-corrected chi connectivity index (χ4v) is 3.86. The second-order valence-corrected chi connectivity index (χ2v) is 6.81. The van der Waals surface area contributed by atoms with Crippen molar-refractivity contribution in [3.8, 4) is 0 Å². The van der Waals surface area contributed by atoms with Gasteiger partial charge in [0.25, 0.3) is 0 Å². The van der Waals surface area contributed by atoms with Crippen LogP contribution in [-0.2, 0) is 0 Å². The molecule has 1 spiro atoms. The summed E-state index contributed by atoms with van der Waals surface area (Å²) < 4.78 is 0. The summed E-state index contributed by atoms with van der Waals surface area (Å²) in [6.45, 7) is 3.72. The van der Waals surface area contributed by atoms with Crippen LogP contribution in [0.1, 0.15) is 10.4 Å². The van der Waals surface area contributed by atoms with E-state index in [0.717, 1.165) is 43.2 Å². The molecule has 4 rings (SSSR count). The number of hydrogen-bond donors (Lipinski definition) is 3. The number of carbonyl (C=O) groups is 1. The van der Waals surface area contributed by atoms with E-state index in [1.165, 1.54) is 0 Å². The van der Waals surface area contributed by atoms with E-state index < -0.39 is 5.97 Å². The molecule has 0 atom stereocenters. The number of nitrogen functional groups attached to an aromatic ring is 2. The van der Waals surface area contributed by atoms with Crippen LogP contribution >= 0.6 is 0 Å². The van der Waals surface area contributed by atoms with Crippen LogP contribution in [-0.4, -0.2) is 37.3 Å². The quantitative estimate of drug-likeness (QED) is 0.746. The molecule has 2 aliphatic heterocycles. The second kappa shape index (κ2) is 5.06. The second-order valence-electron chi connectivity index (χ2n) is 6.81. The molecule has 0 radical (unpaired) electrons. The Balaban J connectivity index is 1.44. The summed E-state index contributed by atoms with van der Waals surface area (Å²) in [5.41, 5.74) is 15.6.